The Bertz CT molecular complexity index is 1200. The minimum atomic E-state index is -0.836. The van der Waals surface area contributed by atoms with Gasteiger partial charge in [0.15, 0.2) is 0 Å². The third-order valence-electron chi connectivity index (χ3n) is 5.07. The van der Waals surface area contributed by atoms with E-state index in [1.54, 1.807) is 23.9 Å². The third-order valence-corrected chi connectivity index (χ3v) is 5.93. The largest absolute Gasteiger partial charge is 0.508 e. The van der Waals surface area contributed by atoms with Crippen LogP contribution in [0.15, 0.2) is 59.5 Å². The molecule has 0 aliphatic rings. The summed E-state index contributed by atoms with van der Waals surface area (Å²) in [5.41, 5.74) is 5.08. The lowest BCUT2D eigenvalue weighted by Gasteiger charge is -2.14. The number of rotatable bonds is 5. The van der Waals surface area contributed by atoms with Crippen LogP contribution in [0.3, 0.4) is 0 Å². The van der Waals surface area contributed by atoms with Gasteiger partial charge in [-0.05, 0) is 48.1 Å². The second kappa shape index (κ2) is 7.24. The number of phenolic OH excluding ortho intramolecular Hbond substituents is 1. The van der Waals surface area contributed by atoms with Gasteiger partial charge >= 0.3 is 5.97 Å². The van der Waals surface area contributed by atoms with Gasteiger partial charge in [0.2, 0.25) is 0 Å². The summed E-state index contributed by atoms with van der Waals surface area (Å²) in [6.45, 7) is 2.68. The number of hydrogen-bond donors (Lipinski definition) is 2. The first-order chi connectivity index (χ1) is 13.5. The second-order valence-electron chi connectivity index (χ2n) is 6.95. The molecule has 142 valence electrons. The molecule has 4 aromatic rings. The Morgan fingerprint density at radius 2 is 1.86 bits per heavy atom. The van der Waals surface area contributed by atoms with E-state index in [1.165, 1.54) is 5.56 Å². The molecule has 4 nitrogen and oxygen atoms in total. The standard InChI is InChI=1S/C23H21NO3S/c1-14-10-16(11-20(26)27)23(28-2)22-21(14)18-12-17(25)8-9-19(18)24(22)13-15-6-4-3-5-7-15/h3-10,12,25H,11,13H2,1-2H3,(H,26,27). The van der Waals surface area contributed by atoms with E-state index >= 15 is 0 Å². The van der Waals surface area contributed by atoms with Gasteiger partial charge in [-0.3, -0.25) is 4.79 Å². The van der Waals surface area contributed by atoms with Gasteiger partial charge in [0.1, 0.15) is 5.75 Å². The smallest absolute Gasteiger partial charge is 0.307 e. The van der Waals surface area contributed by atoms with Gasteiger partial charge in [-0.1, -0.05) is 36.4 Å². The predicted octanol–water partition coefficient (Wildman–Crippen LogP) is 5.21. The first-order valence-electron chi connectivity index (χ1n) is 9.06. The zero-order valence-electron chi connectivity index (χ0n) is 15.8. The molecule has 0 aliphatic heterocycles. The van der Waals surface area contributed by atoms with E-state index in [0.717, 1.165) is 37.8 Å². The van der Waals surface area contributed by atoms with Crippen LogP contribution in [0.2, 0.25) is 0 Å². The molecule has 1 aromatic heterocycles. The lowest BCUT2D eigenvalue weighted by atomic mass is 10.0. The summed E-state index contributed by atoms with van der Waals surface area (Å²) in [6.07, 6.45) is 1.97. The fourth-order valence-electron chi connectivity index (χ4n) is 3.98. The number of carbonyl (C=O) groups is 1. The minimum absolute atomic E-state index is 0.00886. The van der Waals surface area contributed by atoms with Gasteiger partial charge in [-0.2, -0.15) is 0 Å². The van der Waals surface area contributed by atoms with Crippen molar-refractivity contribution >= 4 is 39.5 Å². The number of carboxylic acid groups (broad SMARTS) is 1. The Morgan fingerprint density at radius 3 is 2.54 bits per heavy atom. The molecule has 4 rings (SSSR count). The molecule has 0 saturated carbocycles. The Labute approximate surface area is 167 Å². The normalized spacial score (nSPS) is 11.4. The fourth-order valence-corrected chi connectivity index (χ4v) is 4.78. The van der Waals surface area contributed by atoms with Crippen LogP contribution in [-0.4, -0.2) is 27.0 Å². The van der Waals surface area contributed by atoms with Gasteiger partial charge in [-0.15, -0.1) is 11.8 Å². The van der Waals surface area contributed by atoms with Crippen LogP contribution in [0.1, 0.15) is 16.7 Å². The van der Waals surface area contributed by atoms with E-state index in [0.29, 0.717) is 6.54 Å². The SMILES string of the molecule is CSc1c(CC(=O)O)cc(C)c2c3cc(O)ccc3n(Cc3ccccc3)c12. The molecular weight excluding hydrogens is 370 g/mol. The number of thioether (sulfide) groups is 1. The van der Waals surface area contributed by atoms with Crippen molar-refractivity contribution in [3.8, 4) is 5.75 Å². The first kappa shape index (κ1) is 18.4. The Hall–Kier alpha value is -2.92. The van der Waals surface area contributed by atoms with Gasteiger partial charge < -0.3 is 14.8 Å². The highest BCUT2D eigenvalue weighted by Crippen LogP contribution is 2.40. The van der Waals surface area contributed by atoms with E-state index in [2.05, 4.69) is 16.7 Å². The number of benzene rings is 3. The maximum atomic E-state index is 11.4. The van der Waals surface area contributed by atoms with Crippen LogP contribution < -0.4 is 0 Å². The zero-order valence-corrected chi connectivity index (χ0v) is 16.6. The monoisotopic (exact) mass is 391 g/mol. The number of hydrogen-bond acceptors (Lipinski definition) is 3. The molecule has 5 heteroatoms. The number of aromatic hydroxyl groups is 1. The highest BCUT2D eigenvalue weighted by atomic mass is 32.2. The van der Waals surface area contributed by atoms with Crippen molar-refractivity contribution in [2.45, 2.75) is 24.8 Å². The lowest BCUT2D eigenvalue weighted by molar-refractivity contribution is -0.136. The van der Waals surface area contributed by atoms with Crippen molar-refractivity contribution in [3.05, 3.63) is 71.3 Å². The van der Waals surface area contributed by atoms with Crippen molar-refractivity contribution in [2.75, 3.05) is 6.26 Å². The van der Waals surface area contributed by atoms with Gasteiger partial charge in [-0.25, -0.2) is 0 Å². The summed E-state index contributed by atoms with van der Waals surface area (Å²) in [4.78, 5) is 12.4. The molecule has 0 amide bonds. The van der Waals surface area contributed by atoms with Crippen molar-refractivity contribution in [2.24, 2.45) is 0 Å². The summed E-state index contributed by atoms with van der Waals surface area (Å²) in [5.74, 6) is -0.608. The number of carboxylic acids is 1. The van der Waals surface area contributed by atoms with Crippen molar-refractivity contribution in [1.29, 1.82) is 0 Å². The average Bonchev–Trinajstić information content (AvgIpc) is 2.96. The molecule has 3 aromatic carbocycles. The van der Waals surface area contributed by atoms with Crippen molar-refractivity contribution in [1.82, 2.24) is 4.57 Å². The zero-order chi connectivity index (χ0) is 19.8. The highest BCUT2D eigenvalue weighted by molar-refractivity contribution is 7.98. The van der Waals surface area contributed by atoms with E-state index < -0.39 is 5.97 Å². The number of fused-ring (bicyclic) bond motifs is 3. The number of aryl methyl sites for hydroxylation is 1. The molecule has 0 atom stereocenters. The molecule has 0 aliphatic carbocycles. The van der Waals surface area contributed by atoms with Crippen LogP contribution in [0.5, 0.6) is 5.75 Å². The summed E-state index contributed by atoms with van der Waals surface area (Å²) in [7, 11) is 0. The lowest BCUT2D eigenvalue weighted by Crippen LogP contribution is -2.05. The number of phenols is 1. The number of nitrogens with zero attached hydrogens (tertiary/aromatic N) is 1. The van der Waals surface area contributed by atoms with Gasteiger partial charge in [0.05, 0.1) is 11.9 Å². The molecule has 0 unspecified atom stereocenters. The summed E-state index contributed by atoms with van der Waals surface area (Å²) in [6, 6.07) is 17.6. The average molecular weight is 391 g/mol. The molecule has 0 bridgehead atoms. The minimum Gasteiger partial charge on any atom is -0.508 e. The molecule has 0 saturated heterocycles. The summed E-state index contributed by atoms with van der Waals surface area (Å²) < 4.78 is 2.24. The maximum absolute atomic E-state index is 11.4. The molecule has 0 fully saturated rings. The Balaban J connectivity index is 2.11. The first-order valence-corrected chi connectivity index (χ1v) is 10.3. The summed E-state index contributed by atoms with van der Waals surface area (Å²) >= 11 is 1.57. The second-order valence-corrected chi connectivity index (χ2v) is 7.77. The van der Waals surface area contributed by atoms with Crippen LogP contribution in [0, 0.1) is 6.92 Å². The molecule has 0 spiro atoms. The van der Waals surface area contributed by atoms with E-state index in [9.17, 15) is 15.0 Å². The van der Waals surface area contributed by atoms with E-state index in [1.807, 2.05) is 43.5 Å². The van der Waals surface area contributed by atoms with Crippen LogP contribution in [0.25, 0.3) is 21.8 Å². The van der Waals surface area contributed by atoms with Gasteiger partial charge in [0, 0.05) is 27.7 Å². The molecule has 0 radical (unpaired) electrons. The molecule has 2 N–H and O–H groups in total. The quantitative estimate of drug-likeness (QED) is 0.459. The maximum Gasteiger partial charge on any atom is 0.307 e. The fraction of sp³-hybridized carbons (Fsp3) is 0.174. The van der Waals surface area contributed by atoms with Gasteiger partial charge in [0.25, 0.3) is 0 Å². The highest BCUT2D eigenvalue weighted by Gasteiger charge is 2.20. The van der Waals surface area contributed by atoms with E-state index in [4.69, 9.17) is 0 Å². The number of aromatic nitrogens is 1. The van der Waals surface area contributed by atoms with Crippen LogP contribution >= 0.6 is 11.8 Å². The third kappa shape index (κ3) is 3.12. The number of aliphatic carboxylic acids is 1. The van der Waals surface area contributed by atoms with Crippen molar-refractivity contribution in [3.63, 3.8) is 0 Å². The van der Waals surface area contributed by atoms with Crippen LogP contribution in [-0.2, 0) is 17.8 Å². The predicted molar refractivity (Wildman–Crippen MR) is 115 cm³/mol. The summed E-state index contributed by atoms with van der Waals surface area (Å²) in [5, 5.41) is 21.5. The molecule has 1 heterocycles. The van der Waals surface area contributed by atoms with Crippen molar-refractivity contribution < 1.29 is 15.0 Å². The Morgan fingerprint density at radius 1 is 1.11 bits per heavy atom. The topological polar surface area (TPSA) is 62.5 Å². The molecule has 28 heavy (non-hydrogen) atoms. The Kier molecular flexibility index (Phi) is 4.77. The molecular formula is C23H21NO3S. The van der Waals surface area contributed by atoms with Crippen LogP contribution in [0.4, 0.5) is 0 Å². The van der Waals surface area contributed by atoms with E-state index in [-0.39, 0.29) is 12.2 Å².